The first-order chi connectivity index (χ1) is 10.7. The molecular formula is C13H13FN3O5P. The number of carbonyl (C=O) groups is 3. The number of benzene rings is 1. The van der Waals surface area contributed by atoms with Crippen LogP contribution >= 0.6 is 9.24 Å². The molecule has 2 unspecified atom stereocenters. The van der Waals surface area contributed by atoms with Crippen LogP contribution in [0.1, 0.15) is 0 Å². The summed E-state index contributed by atoms with van der Waals surface area (Å²) in [5.74, 6) is -1.54. The highest BCUT2D eigenvalue weighted by Gasteiger charge is 2.44. The van der Waals surface area contributed by atoms with Crippen LogP contribution in [0.5, 0.6) is 5.75 Å². The first-order valence-corrected chi connectivity index (χ1v) is 7.15. The monoisotopic (exact) mass is 341 g/mol. The minimum Gasteiger partial charge on any atom is -0.445 e. The molecule has 0 radical (unpaired) electrons. The molecule has 8 nitrogen and oxygen atoms in total. The van der Waals surface area contributed by atoms with Crippen LogP contribution in [0.4, 0.5) is 20.6 Å². The van der Waals surface area contributed by atoms with Crippen molar-refractivity contribution in [1.29, 1.82) is 0 Å². The van der Waals surface area contributed by atoms with Crippen LogP contribution in [0.3, 0.4) is 0 Å². The maximum absolute atomic E-state index is 14.1. The van der Waals surface area contributed by atoms with Gasteiger partial charge in [-0.05, 0) is 21.4 Å². The van der Waals surface area contributed by atoms with E-state index in [1.54, 1.807) is 9.24 Å². The number of rotatable bonds is 2. The summed E-state index contributed by atoms with van der Waals surface area (Å²) in [6.07, 6.45) is -1.79. The van der Waals surface area contributed by atoms with Crippen LogP contribution in [0.2, 0.25) is 0 Å². The quantitative estimate of drug-likeness (QED) is 0.782. The Morgan fingerprint density at radius 2 is 2.17 bits per heavy atom. The zero-order chi connectivity index (χ0) is 16.9. The Morgan fingerprint density at radius 3 is 2.78 bits per heavy atom. The van der Waals surface area contributed by atoms with Crippen molar-refractivity contribution in [2.75, 3.05) is 23.4 Å². The molecule has 23 heavy (non-hydrogen) atoms. The summed E-state index contributed by atoms with van der Waals surface area (Å²) in [6, 6.07) is 4.43. The van der Waals surface area contributed by atoms with Gasteiger partial charge in [0.25, 0.3) is 5.91 Å². The summed E-state index contributed by atoms with van der Waals surface area (Å²) in [7, 11) is 3.11. The minimum atomic E-state index is -2.58. The standard InChI is InChI=1S/C13H13FN3O5P/c1-16-7-3-2-6(4-8(7)22-13(14,23)11(16)19)17-5-9(10(15)18)21-12(17)20/h2-4,9H,5,23H2,1H3,(H2,15,18)/t9-,13?/m1/s1. The first kappa shape index (κ1) is 15.5. The van der Waals surface area contributed by atoms with Gasteiger partial charge in [0.05, 0.1) is 17.9 Å². The molecule has 0 aromatic heterocycles. The number of amides is 3. The number of cyclic esters (lactones) is 1. The van der Waals surface area contributed by atoms with Gasteiger partial charge in [-0.3, -0.25) is 14.5 Å². The summed E-state index contributed by atoms with van der Waals surface area (Å²) < 4.78 is 24.0. The number of nitrogens with two attached hydrogens (primary N) is 1. The smallest absolute Gasteiger partial charge is 0.415 e. The Hall–Kier alpha value is -2.41. The van der Waals surface area contributed by atoms with E-state index in [2.05, 4.69) is 0 Å². The van der Waals surface area contributed by atoms with E-state index in [4.69, 9.17) is 15.2 Å². The predicted molar refractivity (Wildman–Crippen MR) is 80.8 cm³/mol. The molecule has 3 amide bonds. The Kier molecular flexibility index (Phi) is 3.40. The zero-order valence-corrected chi connectivity index (χ0v) is 13.1. The molecule has 0 bridgehead atoms. The Bertz CT molecular complexity index is 726. The predicted octanol–water partition coefficient (Wildman–Crippen LogP) is 0.351. The van der Waals surface area contributed by atoms with Crippen LogP contribution < -0.4 is 20.3 Å². The summed E-state index contributed by atoms with van der Waals surface area (Å²) in [4.78, 5) is 37.0. The van der Waals surface area contributed by atoms with Gasteiger partial charge in [-0.15, -0.1) is 0 Å². The lowest BCUT2D eigenvalue weighted by atomic mass is 10.2. The van der Waals surface area contributed by atoms with Crippen LogP contribution in [0.15, 0.2) is 18.2 Å². The van der Waals surface area contributed by atoms with Gasteiger partial charge in [0.1, 0.15) is 5.75 Å². The maximum Gasteiger partial charge on any atom is 0.415 e. The van der Waals surface area contributed by atoms with Crippen molar-refractivity contribution in [3.63, 3.8) is 0 Å². The molecule has 122 valence electrons. The number of primary amides is 1. The van der Waals surface area contributed by atoms with Crippen molar-refractivity contribution in [2.45, 2.75) is 11.7 Å². The van der Waals surface area contributed by atoms with E-state index in [9.17, 15) is 18.8 Å². The fraction of sp³-hybridized carbons (Fsp3) is 0.308. The third-order valence-electron chi connectivity index (χ3n) is 3.60. The summed E-state index contributed by atoms with van der Waals surface area (Å²) in [5, 5.41) is 0. The van der Waals surface area contributed by atoms with Gasteiger partial charge in [0.2, 0.25) is 0 Å². The molecule has 0 aliphatic carbocycles. The number of hydrogen-bond donors (Lipinski definition) is 1. The molecule has 1 aromatic carbocycles. The van der Waals surface area contributed by atoms with Gasteiger partial charge in [-0.25, -0.2) is 4.79 Å². The second kappa shape index (κ2) is 5.06. The molecule has 10 heteroatoms. The lowest BCUT2D eigenvalue weighted by Crippen LogP contribution is -2.47. The number of carbonyl (C=O) groups excluding carboxylic acids is 3. The van der Waals surface area contributed by atoms with Crippen molar-refractivity contribution in [2.24, 2.45) is 5.73 Å². The van der Waals surface area contributed by atoms with Gasteiger partial charge in [-0.1, -0.05) is 0 Å². The number of fused-ring (bicyclic) bond motifs is 1. The van der Waals surface area contributed by atoms with Crippen molar-refractivity contribution < 1.29 is 28.2 Å². The highest BCUT2D eigenvalue weighted by Crippen LogP contribution is 2.42. The van der Waals surface area contributed by atoms with Crippen LogP contribution in [0, 0.1) is 0 Å². The van der Waals surface area contributed by atoms with Crippen molar-refractivity contribution >= 4 is 38.5 Å². The van der Waals surface area contributed by atoms with E-state index in [1.165, 1.54) is 30.1 Å². The second-order valence-electron chi connectivity index (χ2n) is 5.15. The van der Waals surface area contributed by atoms with E-state index in [-0.39, 0.29) is 12.3 Å². The van der Waals surface area contributed by atoms with E-state index in [0.717, 1.165) is 4.90 Å². The second-order valence-corrected chi connectivity index (χ2v) is 5.89. The fourth-order valence-corrected chi connectivity index (χ4v) is 2.71. The molecule has 2 heterocycles. The number of anilines is 2. The van der Waals surface area contributed by atoms with E-state index in [1.807, 2.05) is 0 Å². The molecule has 2 aliphatic heterocycles. The number of ether oxygens (including phenoxy) is 2. The van der Waals surface area contributed by atoms with Gasteiger partial charge >= 0.3 is 17.6 Å². The molecule has 3 atom stereocenters. The van der Waals surface area contributed by atoms with E-state index >= 15 is 0 Å². The molecule has 2 N–H and O–H groups in total. The third-order valence-corrected chi connectivity index (χ3v) is 3.97. The molecule has 1 saturated heterocycles. The molecule has 1 fully saturated rings. The number of nitrogens with zero attached hydrogens (tertiary/aromatic N) is 2. The number of hydrogen-bond acceptors (Lipinski definition) is 5. The number of alkyl halides is 1. The third kappa shape index (κ3) is 2.46. The number of halogens is 1. The van der Waals surface area contributed by atoms with Crippen molar-refractivity contribution in [3.05, 3.63) is 18.2 Å². The SMILES string of the molecule is CN1C(=O)C(F)(P)Oc2cc(N3C[C@H](C(N)=O)OC3=O)ccc21. The van der Waals surface area contributed by atoms with Gasteiger partial charge in [-0.2, -0.15) is 4.39 Å². The lowest BCUT2D eigenvalue weighted by Gasteiger charge is -2.34. The van der Waals surface area contributed by atoms with Gasteiger partial charge in [0.15, 0.2) is 6.10 Å². The van der Waals surface area contributed by atoms with Crippen LogP contribution in [-0.4, -0.2) is 43.2 Å². The minimum absolute atomic E-state index is 0.0522. The molecular weight excluding hydrogens is 328 g/mol. The van der Waals surface area contributed by atoms with Gasteiger partial charge in [0, 0.05) is 13.1 Å². The first-order valence-electron chi connectivity index (χ1n) is 6.57. The highest BCUT2D eigenvalue weighted by molar-refractivity contribution is 7.20. The molecule has 1 aromatic rings. The highest BCUT2D eigenvalue weighted by atomic mass is 31.0. The lowest BCUT2D eigenvalue weighted by molar-refractivity contribution is -0.138. The maximum atomic E-state index is 14.1. The van der Waals surface area contributed by atoms with Crippen LogP contribution in [-0.2, 0) is 14.3 Å². The largest absolute Gasteiger partial charge is 0.445 e. The average molecular weight is 341 g/mol. The summed E-state index contributed by atoms with van der Waals surface area (Å²) in [6.45, 7) is -0.0522. The van der Waals surface area contributed by atoms with E-state index < -0.39 is 29.6 Å². The number of likely N-dealkylation sites (N-methyl/N-ethyl adjacent to an activating group) is 1. The summed E-state index contributed by atoms with van der Waals surface area (Å²) >= 11 is 0. The van der Waals surface area contributed by atoms with Crippen molar-refractivity contribution in [1.82, 2.24) is 0 Å². The van der Waals surface area contributed by atoms with Crippen molar-refractivity contribution in [3.8, 4) is 5.75 Å². The van der Waals surface area contributed by atoms with Gasteiger partial charge < -0.3 is 20.1 Å². The van der Waals surface area contributed by atoms with Crippen LogP contribution in [0.25, 0.3) is 0 Å². The zero-order valence-electron chi connectivity index (χ0n) is 12.0. The molecule has 0 spiro atoms. The Labute approximate surface area is 132 Å². The summed E-state index contributed by atoms with van der Waals surface area (Å²) in [5.41, 5.74) is 3.22. The molecule has 3 rings (SSSR count). The fourth-order valence-electron chi connectivity index (χ4n) is 2.39. The Morgan fingerprint density at radius 1 is 1.48 bits per heavy atom. The molecule has 2 aliphatic rings. The Balaban J connectivity index is 1.95. The normalized spacial score (nSPS) is 26.7. The average Bonchev–Trinajstić information content (AvgIpc) is 2.86. The molecule has 0 saturated carbocycles. The van der Waals surface area contributed by atoms with E-state index in [0.29, 0.717) is 11.4 Å². The topological polar surface area (TPSA) is 102 Å².